The van der Waals surface area contributed by atoms with Crippen molar-refractivity contribution in [3.8, 4) is 0 Å². The van der Waals surface area contributed by atoms with Crippen molar-refractivity contribution in [1.82, 2.24) is 30.0 Å². The van der Waals surface area contributed by atoms with Crippen molar-refractivity contribution in [2.24, 2.45) is 13.0 Å². The first-order valence-corrected chi connectivity index (χ1v) is 10.0. The summed E-state index contributed by atoms with van der Waals surface area (Å²) >= 11 is 0. The molecule has 140 valence electrons. The highest BCUT2D eigenvalue weighted by molar-refractivity contribution is 5.15. The highest BCUT2D eigenvalue weighted by Gasteiger charge is 2.26. The van der Waals surface area contributed by atoms with Crippen LogP contribution in [0.4, 0.5) is 0 Å². The lowest BCUT2D eigenvalue weighted by molar-refractivity contribution is 0.135. The Hall–Kier alpha value is -1.79. The molecule has 0 aliphatic carbocycles. The molecule has 1 N–H and O–H groups in total. The second-order valence-corrected chi connectivity index (χ2v) is 7.76. The molecule has 0 saturated carbocycles. The Kier molecular flexibility index (Phi) is 5.60. The van der Waals surface area contributed by atoms with E-state index in [0.29, 0.717) is 6.04 Å². The van der Waals surface area contributed by atoms with E-state index >= 15 is 0 Å². The minimum Gasteiger partial charge on any atom is -0.317 e. The van der Waals surface area contributed by atoms with Crippen molar-refractivity contribution < 1.29 is 0 Å². The molecule has 2 saturated heterocycles. The lowest BCUT2D eigenvalue weighted by atomic mass is 9.94. The van der Waals surface area contributed by atoms with Gasteiger partial charge in [-0.2, -0.15) is 0 Å². The van der Waals surface area contributed by atoms with Crippen molar-refractivity contribution in [3.05, 3.63) is 41.7 Å². The molecular formula is C20H30N6. The van der Waals surface area contributed by atoms with E-state index in [0.717, 1.165) is 50.2 Å². The van der Waals surface area contributed by atoms with Gasteiger partial charge in [-0.15, -0.1) is 10.2 Å². The minimum atomic E-state index is 0.446. The van der Waals surface area contributed by atoms with Crippen LogP contribution in [0.2, 0.25) is 0 Å². The zero-order chi connectivity index (χ0) is 17.8. The van der Waals surface area contributed by atoms with Crippen molar-refractivity contribution in [2.45, 2.75) is 51.1 Å². The van der Waals surface area contributed by atoms with Crippen molar-refractivity contribution in [3.63, 3.8) is 0 Å². The number of piperidine rings is 2. The summed E-state index contributed by atoms with van der Waals surface area (Å²) in [4.78, 5) is 6.88. The number of nitrogens with one attached hydrogen (secondary N) is 1. The maximum absolute atomic E-state index is 4.54. The Bertz CT molecular complexity index is 692. The van der Waals surface area contributed by atoms with E-state index in [1.165, 1.54) is 37.7 Å². The molecule has 0 amide bonds. The number of hydrogen-bond donors (Lipinski definition) is 1. The van der Waals surface area contributed by atoms with Crippen molar-refractivity contribution in [1.29, 1.82) is 0 Å². The molecule has 2 aromatic rings. The van der Waals surface area contributed by atoms with Crippen molar-refractivity contribution >= 4 is 0 Å². The number of pyridine rings is 1. The summed E-state index contributed by atoms with van der Waals surface area (Å²) < 4.78 is 2.23. The fourth-order valence-corrected chi connectivity index (χ4v) is 4.37. The number of nitrogens with zero attached hydrogens (tertiary/aromatic N) is 5. The van der Waals surface area contributed by atoms with Crippen LogP contribution in [0, 0.1) is 5.92 Å². The molecule has 6 nitrogen and oxygen atoms in total. The molecule has 0 unspecified atom stereocenters. The fourth-order valence-electron chi connectivity index (χ4n) is 4.37. The van der Waals surface area contributed by atoms with Gasteiger partial charge in [-0.3, -0.25) is 9.88 Å². The van der Waals surface area contributed by atoms with Gasteiger partial charge in [-0.05, 0) is 62.9 Å². The smallest absolute Gasteiger partial charge is 0.146 e. The largest absolute Gasteiger partial charge is 0.317 e. The average molecular weight is 355 g/mol. The van der Waals surface area contributed by atoms with Crippen molar-refractivity contribution in [2.75, 3.05) is 19.6 Å². The van der Waals surface area contributed by atoms with Crippen LogP contribution in [0.25, 0.3) is 0 Å². The monoisotopic (exact) mass is 354 g/mol. The van der Waals surface area contributed by atoms with Gasteiger partial charge in [0.15, 0.2) is 0 Å². The van der Waals surface area contributed by atoms with E-state index in [-0.39, 0.29) is 0 Å². The Morgan fingerprint density at radius 2 is 1.96 bits per heavy atom. The van der Waals surface area contributed by atoms with Gasteiger partial charge in [-0.25, -0.2) is 0 Å². The van der Waals surface area contributed by atoms with Crippen LogP contribution in [0.3, 0.4) is 0 Å². The van der Waals surface area contributed by atoms with E-state index in [4.69, 9.17) is 0 Å². The van der Waals surface area contributed by atoms with Gasteiger partial charge in [0.2, 0.25) is 0 Å². The zero-order valence-electron chi connectivity index (χ0n) is 15.8. The van der Waals surface area contributed by atoms with Gasteiger partial charge in [0, 0.05) is 31.9 Å². The third-order valence-electron chi connectivity index (χ3n) is 6.01. The maximum Gasteiger partial charge on any atom is 0.146 e. The van der Waals surface area contributed by atoms with Crippen LogP contribution in [0.15, 0.2) is 24.5 Å². The molecule has 0 spiro atoms. The van der Waals surface area contributed by atoms with E-state index < -0.39 is 0 Å². The topological polar surface area (TPSA) is 58.9 Å². The Morgan fingerprint density at radius 3 is 2.77 bits per heavy atom. The molecule has 0 aromatic carbocycles. The lowest BCUT2D eigenvalue weighted by Gasteiger charge is -2.35. The molecule has 2 aromatic heterocycles. The van der Waals surface area contributed by atoms with Gasteiger partial charge in [0.05, 0.1) is 6.54 Å². The molecule has 4 rings (SSSR count). The summed E-state index contributed by atoms with van der Waals surface area (Å²) in [5, 5.41) is 12.5. The van der Waals surface area contributed by atoms with Gasteiger partial charge in [-0.1, -0.05) is 12.5 Å². The summed E-state index contributed by atoms with van der Waals surface area (Å²) in [5.74, 6) is 2.97. The van der Waals surface area contributed by atoms with E-state index in [9.17, 15) is 0 Å². The van der Waals surface area contributed by atoms with Gasteiger partial charge >= 0.3 is 0 Å². The quantitative estimate of drug-likeness (QED) is 0.894. The normalized spacial score (nSPS) is 22.6. The third-order valence-corrected chi connectivity index (χ3v) is 6.01. The molecule has 1 atom stereocenters. The number of hydrogen-bond acceptors (Lipinski definition) is 5. The van der Waals surface area contributed by atoms with Gasteiger partial charge in [0.1, 0.15) is 11.6 Å². The number of rotatable bonds is 5. The SMILES string of the molecule is Cn1c(CC2CCNCC2)nnc1CN1CCCC[C@H]1c1cccnc1. The summed E-state index contributed by atoms with van der Waals surface area (Å²) in [6.07, 6.45) is 11.2. The van der Waals surface area contributed by atoms with Gasteiger partial charge < -0.3 is 9.88 Å². The van der Waals surface area contributed by atoms with Crippen LogP contribution < -0.4 is 5.32 Å². The second-order valence-electron chi connectivity index (χ2n) is 7.76. The Labute approximate surface area is 156 Å². The summed E-state index contributed by atoms with van der Waals surface area (Å²) in [5.41, 5.74) is 1.32. The summed E-state index contributed by atoms with van der Waals surface area (Å²) in [6.45, 7) is 4.26. The van der Waals surface area contributed by atoms with Crippen LogP contribution in [0.5, 0.6) is 0 Å². The maximum atomic E-state index is 4.54. The Morgan fingerprint density at radius 1 is 1.12 bits per heavy atom. The molecule has 6 heteroatoms. The fraction of sp³-hybridized carbons (Fsp3) is 0.650. The average Bonchev–Trinajstić information content (AvgIpc) is 3.03. The molecule has 2 aliphatic heterocycles. The van der Waals surface area contributed by atoms with E-state index in [2.05, 4.69) is 43.1 Å². The Balaban J connectivity index is 1.45. The zero-order valence-corrected chi connectivity index (χ0v) is 15.8. The third kappa shape index (κ3) is 3.96. The number of aromatic nitrogens is 4. The molecule has 0 bridgehead atoms. The van der Waals surface area contributed by atoms with Gasteiger partial charge in [0.25, 0.3) is 0 Å². The first-order valence-electron chi connectivity index (χ1n) is 10.0. The van der Waals surface area contributed by atoms with Crippen LogP contribution in [-0.4, -0.2) is 44.3 Å². The standard InChI is InChI=1S/C20H30N6/c1-25-19(13-16-7-10-21-11-8-16)23-24-20(25)15-26-12-3-2-6-18(26)17-5-4-9-22-14-17/h4-5,9,14,16,18,21H,2-3,6-8,10-13,15H2,1H3/t18-/m0/s1. The highest BCUT2D eigenvalue weighted by atomic mass is 15.3. The predicted octanol–water partition coefficient (Wildman–Crippen LogP) is 2.48. The summed E-state index contributed by atoms with van der Waals surface area (Å²) in [6, 6.07) is 4.69. The molecule has 2 fully saturated rings. The molecule has 4 heterocycles. The van der Waals surface area contributed by atoms with E-state index in [1.807, 2.05) is 18.5 Å². The lowest BCUT2D eigenvalue weighted by Crippen LogP contribution is -2.34. The minimum absolute atomic E-state index is 0.446. The van der Waals surface area contributed by atoms with Crippen LogP contribution in [0.1, 0.15) is 55.4 Å². The predicted molar refractivity (Wildman–Crippen MR) is 102 cm³/mol. The summed E-state index contributed by atoms with van der Waals surface area (Å²) in [7, 11) is 2.13. The second kappa shape index (κ2) is 8.27. The molecular weight excluding hydrogens is 324 g/mol. The first-order chi connectivity index (χ1) is 12.8. The highest BCUT2D eigenvalue weighted by Crippen LogP contribution is 2.31. The van der Waals surface area contributed by atoms with Crippen LogP contribution >= 0.6 is 0 Å². The number of likely N-dealkylation sites (tertiary alicyclic amines) is 1. The van der Waals surface area contributed by atoms with E-state index in [1.54, 1.807) is 0 Å². The van der Waals surface area contributed by atoms with Crippen LogP contribution in [-0.2, 0) is 20.0 Å². The molecule has 2 aliphatic rings. The molecule has 0 radical (unpaired) electrons. The first kappa shape index (κ1) is 17.6. The molecule has 26 heavy (non-hydrogen) atoms.